The highest BCUT2D eigenvalue weighted by molar-refractivity contribution is 5.67. The molecule has 0 aromatic heterocycles. The average molecular weight is 354 g/mol. The molecule has 1 rings (SSSR count). The number of aryl methyl sites for hydroxylation is 2. The van der Waals surface area contributed by atoms with Crippen molar-refractivity contribution < 1.29 is 24.7 Å². The van der Waals surface area contributed by atoms with E-state index in [0.29, 0.717) is 11.1 Å². The number of nitro benzene ring substituents is 1. The molecule has 2 unspecified atom stereocenters. The molecule has 140 valence electrons. The Kier molecular flexibility index (Phi) is 6.89. The first-order valence-corrected chi connectivity index (χ1v) is 8.01. The SMILES string of the molecule is Cc1cc(C)c(C(O)C(O)CCNC(=O)OC(C)(C)C)c([N+](=O)[O-])c1. The minimum Gasteiger partial charge on any atom is -0.444 e. The molecule has 1 amide bonds. The maximum atomic E-state index is 11.5. The lowest BCUT2D eigenvalue weighted by Gasteiger charge is -2.22. The van der Waals surface area contributed by atoms with Crippen LogP contribution in [0.3, 0.4) is 0 Å². The lowest BCUT2D eigenvalue weighted by Crippen LogP contribution is -2.34. The van der Waals surface area contributed by atoms with Crippen LogP contribution in [0.2, 0.25) is 0 Å². The second kappa shape index (κ2) is 8.26. The lowest BCUT2D eigenvalue weighted by molar-refractivity contribution is -0.386. The monoisotopic (exact) mass is 354 g/mol. The standard InChI is InChI=1S/C17H26N2O6/c1-10-8-11(2)14(12(9-10)19(23)24)15(21)13(20)6-7-18-16(22)25-17(3,4)5/h8-9,13,15,20-21H,6-7H2,1-5H3,(H,18,22). The van der Waals surface area contributed by atoms with E-state index >= 15 is 0 Å². The summed E-state index contributed by atoms with van der Waals surface area (Å²) in [4.78, 5) is 22.2. The summed E-state index contributed by atoms with van der Waals surface area (Å²) in [5.41, 5.74) is 0.436. The number of aliphatic hydroxyl groups excluding tert-OH is 2. The Morgan fingerprint density at radius 3 is 2.44 bits per heavy atom. The van der Waals surface area contributed by atoms with Gasteiger partial charge in [0.1, 0.15) is 11.7 Å². The van der Waals surface area contributed by atoms with Crippen molar-refractivity contribution in [3.8, 4) is 0 Å². The van der Waals surface area contributed by atoms with Crippen LogP contribution in [0.5, 0.6) is 0 Å². The van der Waals surface area contributed by atoms with Gasteiger partial charge in [-0.05, 0) is 52.2 Å². The molecular formula is C17H26N2O6. The summed E-state index contributed by atoms with van der Waals surface area (Å²) in [6.45, 7) is 8.60. The fourth-order valence-corrected chi connectivity index (χ4v) is 2.48. The van der Waals surface area contributed by atoms with Gasteiger partial charge in [0.25, 0.3) is 5.69 Å². The molecule has 8 heteroatoms. The lowest BCUT2D eigenvalue weighted by atomic mass is 9.94. The third-order valence-electron chi connectivity index (χ3n) is 3.47. The summed E-state index contributed by atoms with van der Waals surface area (Å²) in [6, 6.07) is 3.06. The van der Waals surface area contributed by atoms with Gasteiger partial charge in [0.05, 0.1) is 16.6 Å². The van der Waals surface area contributed by atoms with Crippen LogP contribution in [-0.4, -0.2) is 39.5 Å². The molecule has 0 aliphatic heterocycles. The van der Waals surface area contributed by atoms with Crippen molar-refractivity contribution in [3.63, 3.8) is 0 Å². The quantitative estimate of drug-likeness (QED) is 0.533. The third-order valence-corrected chi connectivity index (χ3v) is 3.47. The maximum Gasteiger partial charge on any atom is 0.407 e. The zero-order valence-electron chi connectivity index (χ0n) is 15.2. The van der Waals surface area contributed by atoms with E-state index in [1.807, 2.05) is 0 Å². The van der Waals surface area contributed by atoms with Crippen molar-refractivity contribution >= 4 is 11.8 Å². The highest BCUT2D eigenvalue weighted by Gasteiger charge is 2.28. The third kappa shape index (κ3) is 6.32. The number of hydrogen-bond donors (Lipinski definition) is 3. The van der Waals surface area contributed by atoms with Crippen molar-refractivity contribution in [1.82, 2.24) is 5.32 Å². The van der Waals surface area contributed by atoms with Gasteiger partial charge in [-0.3, -0.25) is 10.1 Å². The fourth-order valence-electron chi connectivity index (χ4n) is 2.48. The number of amides is 1. The molecule has 1 aromatic rings. The van der Waals surface area contributed by atoms with E-state index in [9.17, 15) is 25.1 Å². The average Bonchev–Trinajstić information content (AvgIpc) is 2.43. The molecular weight excluding hydrogens is 328 g/mol. The van der Waals surface area contributed by atoms with Gasteiger partial charge in [-0.15, -0.1) is 0 Å². The molecule has 0 bridgehead atoms. The topological polar surface area (TPSA) is 122 Å². The van der Waals surface area contributed by atoms with Crippen molar-refractivity contribution in [1.29, 1.82) is 0 Å². The Bertz CT molecular complexity index is 639. The van der Waals surface area contributed by atoms with Gasteiger partial charge < -0.3 is 20.3 Å². The van der Waals surface area contributed by atoms with Crippen LogP contribution in [0.15, 0.2) is 12.1 Å². The van der Waals surface area contributed by atoms with Gasteiger partial charge in [-0.2, -0.15) is 0 Å². The van der Waals surface area contributed by atoms with Crippen LogP contribution in [0, 0.1) is 24.0 Å². The Labute approximate surface area is 147 Å². The van der Waals surface area contributed by atoms with Crippen LogP contribution in [0.4, 0.5) is 10.5 Å². The van der Waals surface area contributed by atoms with E-state index in [1.165, 1.54) is 6.07 Å². The van der Waals surface area contributed by atoms with Crippen molar-refractivity contribution in [2.24, 2.45) is 0 Å². The van der Waals surface area contributed by atoms with Crippen LogP contribution in [0.25, 0.3) is 0 Å². The molecule has 0 heterocycles. The molecule has 25 heavy (non-hydrogen) atoms. The summed E-state index contributed by atoms with van der Waals surface area (Å²) >= 11 is 0. The number of carbonyl (C=O) groups excluding carboxylic acids is 1. The number of carbonyl (C=O) groups is 1. The molecule has 0 spiro atoms. The van der Waals surface area contributed by atoms with E-state index in [-0.39, 0.29) is 24.2 Å². The van der Waals surface area contributed by atoms with Gasteiger partial charge in [0, 0.05) is 12.6 Å². The Morgan fingerprint density at radius 2 is 1.92 bits per heavy atom. The normalized spacial score (nSPS) is 13.9. The molecule has 0 aliphatic carbocycles. The Morgan fingerprint density at radius 1 is 1.32 bits per heavy atom. The smallest absolute Gasteiger partial charge is 0.407 e. The predicted octanol–water partition coefficient (Wildman–Crippen LogP) is 2.52. The molecule has 0 radical (unpaired) electrons. The van der Waals surface area contributed by atoms with Gasteiger partial charge in [0.2, 0.25) is 0 Å². The number of ether oxygens (including phenoxy) is 1. The molecule has 0 saturated carbocycles. The molecule has 8 nitrogen and oxygen atoms in total. The van der Waals surface area contributed by atoms with Gasteiger partial charge in [0.15, 0.2) is 0 Å². The van der Waals surface area contributed by atoms with E-state index in [0.717, 1.165) is 0 Å². The van der Waals surface area contributed by atoms with E-state index < -0.39 is 28.8 Å². The number of alkyl carbamates (subject to hydrolysis) is 1. The van der Waals surface area contributed by atoms with E-state index in [2.05, 4.69) is 5.32 Å². The maximum absolute atomic E-state index is 11.5. The molecule has 0 fully saturated rings. The second-order valence-corrected chi connectivity index (χ2v) is 7.00. The highest BCUT2D eigenvalue weighted by atomic mass is 16.6. The number of nitro groups is 1. The minimum atomic E-state index is -1.43. The van der Waals surface area contributed by atoms with Gasteiger partial charge in [-0.25, -0.2) is 4.79 Å². The summed E-state index contributed by atoms with van der Waals surface area (Å²) in [7, 11) is 0. The van der Waals surface area contributed by atoms with Crippen LogP contribution < -0.4 is 5.32 Å². The molecule has 0 aliphatic rings. The molecule has 0 saturated heterocycles. The van der Waals surface area contributed by atoms with Crippen molar-refractivity contribution in [3.05, 3.63) is 38.9 Å². The number of aliphatic hydroxyl groups is 2. The fraction of sp³-hybridized carbons (Fsp3) is 0.588. The number of hydrogen-bond acceptors (Lipinski definition) is 6. The Balaban J connectivity index is 2.76. The van der Waals surface area contributed by atoms with Crippen LogP contribution in [-0.2, 0) is 4.74 Å². The Hall–Kier alpha value is -2.19. The van der Waals surface area contributed by atoms with E-state index in [1.54, 1.807) is 40.7 Å². The summed E-state index contributed by atoms with van der Waals surface area (Å²) < 4.78 is 5.06. The summed E-state index contributed by atoms with van der Waals surface area (Å²) in [6.07, 6.45) is -3.31. The minimum absolute atomic E-state index is 0.0187. The first-order chi connectivity index (χ1) is 11.4. The van der Waals surface area contributed by atoms with Crippen molar-refractivity contribution in [2.75, 3.05) is 6.54 Å². The first kappa shape index (κ1) is 20.9. The zero-order valence-corrected chi connectivity index (χ0v) is 15.2. The number of benzene rings is 1. The second-order valence-electron chi connectivity index (χ2n) is 7.00. The summed E-state index contributed by atoms with van der Waals surface area (Å²) in [5.74, 6) is 0. The van der Waals surface area contributed by atoms with Crippen LogP contribution >= 0.6 is 0 Å². The first-order valence-electron chi connectivity index (χ1n) is 8.01. The highest BCUT2D eigenvalue weighted by Crippen LogP contribution is 2.32. The number of rotatable bonds is 6. The van der Waals surface area contributed by atoms with Crippen molar-refractivity contribution in [2.45, 2.75) is 58.8 Å². The van der Waals surface area contributed by atoms with Crippen LogP contribution in [0.1, 0.15) is 50.0 Å². The van der Waals surface area contributed by atoms with E-state index in [4.69, 9.17) is 4.74 Å². The van der Waals surface area contributed by atoms with Gasteiger partial charge >= 0.3 is 6.09 Å². The number of nitrogens with one attached hydrogen (secondary N) is 1. The molecule has 1 aromatic carbocycles. The molecule has 3 N–H and O–H groups in total. The molecule has 2 atom stereocenters. The zero-order chi connectivity index (χ0) is 19.4. The van der Waals surface area contributed by atoms with Gasteiger partial charge in [-0.1, -0.05) is 6.07 Å². The summed E-state index contributed by atoms with van der Waals surface area (Å²) in [5, 5.41) is 34.2. The largest absolute Gasteiger partial charge is 0.444 e. The predicted molar refractivity (Wildman–Crippen MR) is 92.4 cm³/mol. The number of nitrogens with zero attached hydrogens (tertiary/aromatic N) is 1.